The van der Waals surface area contributed by atoms with Crippen LogP contribution >= 0.6 is 0 Å². The third kappa shape index (κ3) is 2.70. The van der Waals surface area contributed by atoms with E-state index in [-0.39, 0.29) is 5.78 Å². The minimum Gasteiger partial charge on any atom is -0.497 e. The Morgan fingerprint density at radius 3 is 2.71 bits per heavy atom. The molecule has 0 aliphatic heterocycles. The zero-order chi connectivity index (χ0) is 19.5. The molecule has 1 N–H and O–H groups in total. The lowest BCUT2D eigenvalue weighted by Crippen LogP contribution is -2.41. The lowest BCUT2D eigenvalue weighted by Gasteiger charge is -2.51. The molecule has 1 aromatic carbocycles. The minimum absolute atomic E-state index is 0.111. The normalized spacial score (nSPS) is 37.1. The van der Waals surface area contributed by atoms with E-state index in [2.05, 4.69) is 31.2 Å². The molecule has 0 aromatic heterocycles. The van der Waals surface area contributed by atoms with Gasteiger partial charge in [0.1, 0.15) is 11.9 Å². The molecule has 148 valence electrons. The number of carbonyl (C=O) groups excluding carboxylic acids is 1. The summed E-state index contributed by atoms with van der Waals surface area (Å²) >= 11 is 0. The lowest BCUT2D eigenvalue weighted by atomic mass is 9.53. The maximum Gasteiger partial charge on any atom is 0.184 e. The summed E-state index contributed by atoms with van der Waals surface area (Å²) in [4.78, 5) is 12.1. The molecule has 4 aliphatic carbocycles. The SMILES string of the molecule is COc1ccc([C@H]2C[C@]3(C)CCC[C@H]3[C@@H]3CCC4=CC(=O)C(O)CC4=C32)cc1. The predicted molar refractivity (Wildman–Crippen MR) is 109 cm³/mol. The quantitative estimate of drug-likeness (QED) is 0.791. The number of fused-ring (bicyclic) bond motifs is 4. The Kier molecular flexibility index (Phi) is 4.28. The minimum atomic E-state index is -0.863. The average Bonchev–Trinajstić information content (AvgIpc) is 3.10. The third-order valence-electron chi connectivity index (χ3n) is 8.11. The van der Waals surface area contributed by atoms with E-state index in [1.165, 1.54) is 42.4 Å². The first kappa shape index (κ1) is 18.2. The first-order valence-corrected chi connectivity index (χ1v) is 10.8. The van der Waals surface area contributed by atoms with Gasteiger partial charge in [-0.15, -0.1) is 0 Å². The number of aliphatic hydroxyl groups is 1. The number of ether oxygens (including phenoxy) is 1. The van der Waals surface area contributed by atoms with Crippen molar-refractivity contribution in [2.75, 3.05) is 7.11 Å². The molecule has 0 spiro atoms. The molecule has 0 amide bonds. The molecular weight excluding hydrogens is 348 g/mol. The number of carbonyl (C=O) groups is 1. The van der Waals surface area contributed by atoms with Crippen molar-refractivity contribution in [3.63, 3.8) is 0 Å². The average molecular weight is 379 g/mol. The van der Waals surface area contributed by atoms with Gasteiger partial charge in [0.2, 0.25) is 0 Å². The monoisotopic (exact) mass is 378 g/mol. The second kappa shape index (κ2) is 6.59. The van der Waals surface area contributed by atoms with Crippen molar-refractivity contribution >= 4 is 5.78 Å². The molecule has 3 nitrogen and oxygen atoms in total. The van der Waals surface area contributed by atoms with Crippen LogP contribution in [-0.4, -0.2) is 24.1 Å². The Labute approximate surface area is 167 Å². The van der Waals surface area contributed by atoms with Crippen LogP contribution in [0.5, 0.6) is 5.75 Å². The van der Waals surface area contributed by atoms with E-state index >= 15 is 0 Å². The number of ketones is 1. The van der Waals surface area contributed by atoms with Crippen molar-refractivity contribution in [2.45, 2.75) is 63.9 Å². The van der Waals surface area contributed by atoms with E-state index in [9.17, 15) is 9.90 Å². The van der Waals surface area contributed by atoms with Crippen LogP contribution in [0.3, 0.4) is 0 Å². The Morgan fingerprint density at radius 1 is 1.18 bits per heavy atom. The Hall–Kier alpha value is -1.87. The summed E-state index contributed by atoms with van der Waals surface area (Å²) in [6, 6.07) is 8.57. The van der Waals surface area contributed by atoms with Gasteiger partial charge in [-0.2, -0.15) is 0 Å². The molecule has 2 fully saturated rings. The summed E-state index contributed by atoms with van der Waals surface area (Å²) < 4.78 is 5.37. The summed E-state index contributed by atoms with van der Waals surface area (Å²) in [5.74, 6) is 2.51. The molecule has 0 bridgehead atoms. The number of allylic oxidation sites excluding steroid dienone is 2. The van der Waals surface area contributed by atoms with Gasteiger partial charge in [-0.1, -0.05) is 31.1 Å². The molecule has 3 heteroatoms. The summed E-state index contributed by atoms with van der Waals surface area (Å²) in [6.07, 6.45) is 8.69. The van der Waals surface area contributed by atoms with Crippen molar-refractivity contribution in [3.8, 4) is 5.75 Å². The van der Waals surface area contributed by atoms with E-state index in [1.807, 2.05) is 0 Å². The van der Waals surface area contributed by atoms with Crippen molar-refractivity contribution in [2.24, 2.45) is 17.3 Å². The van der Waals surface area contributed by atoms with Gasteiger partial charge >= 0.3 is 0 Å². The Bertz CT molecular complexity index is 862. The lowest BCUT2D eigenvalue weighted by molar-refractivity contribution is -0.122. The Balaban J connectivity index is 1.66. The molecular formula is C25H30O3. The number of methoxy groups -OCH3 is 1. The highest BCUT2D eigenvalue weighted by Crippen LogP contribution is 2.63. The van der Waals surface area contributed by atoms with Crippen LogP contribution < -0.4 is 4.74 Å². The van der Waals surface area contributed by atoms with Crippen LogP contribution in [0.15, 0.2) is 47.1 Å². The highest BCUT2D eigenvalue weighted by molar-refractivity contribution is 5.96. The zero-order valence-electron chi connectivity index (χ0n) is 16.9. The number of aliphatic hydroxyl groups excluding tert-OH is 1. The molecule has 0 heterocycles. The fourth-order valence-corrected chi connectivity index (χ4v) is 6.79. The molecule has 1 unspecified atom stereocenters. The van der Waals surface area contributed by atoms with E-state index in [1.54, 1.807) is 18.8 Å². The van der Waals surface area contributed by atoms with Gasteiger partial charge < -0.3 is 9.84 Å². The molecule has 0 radical (unpaired) electrons. The van der Waals surface area contributed by atoms with Gasteiger partial charge in [0.05, 0.1) is 7.11 Å². The number of benzene rings is 1. The summed E-state index contributed by atoms with van der Waals surface area (Å²) in [6.45, 7) is 2.51. The van der Waals surface area contributed by atoms with Gasteiger partial charge in [0, 0.05) is 12.3 Å². The largest absolute Gasteiger partial charge is 0.497 e. The maximum atomic E-state index is 12.1. The summed E-state index contributed by atoms with van der Waals surface area (Å²) in [5.41, 5.74) is 5.80. The van der Waals surface area contributed by atoms with E-state index < -0.39 is 6.10 Å². The molecule has 0 saturated heterocycles. The molecule has 5 atom stereocenters. The van der Waals surface area contributed by atoms with Crippen LogP contribution in [0.1, 0.15) is 63.4 Å². The fraction of sp³-hybridized carbons (Fsp3) is 0.560. The van der Waals surface area contributed by atoms with Crippen molar-refractivity contribution in [3.05, 3.63) is 52.6 Å². The maximum absolute atomic E-state index is 12.1. The fourth-order valence-electron chi connectivity index (χ4n) is 6.79. The van der Waals surface area contributed by atoms with Gasteiger partial charge in [0.15, 0.2) is 5.78 Å². The van der Waals surface area contributed by atoms with Crippen molar-refractivity contribution in [1.29, 1.82) is 0 Å². The molecule has 2 saturated carbocycles. The first-order valence-electron chi connectivity index (χ1n) is 10.8. The van der Waals surface area contributed by atoms with Crippen LogP contribution in [-0.2, 0) is 4.79 Å². The van der Waals surface area contributed by atoms with Crippen LogP contribution in [0.25, 0.3) is 0 Å². The topological polar surface area (TPSA) is 46.5 Å². The molecule has 5 rings (SSSR count). The standard InChI is InChI=1S/C25H30O3/c1-25-11-3-4-21(25)18-10-7-16-12-22(26)23(27)13-19(16)24(18)20(14-25)15-5-8-17(28-2)9-6-15/h5-6,8-9,12,18,20-21,23,27H,3-4,7,10-11,13-14H2,1-2H3/t18-,20+,21-,23?,25-/m0/s1. The first-order chi connectivity index (χ1) is 13.5. The van der Waals surface area contributed by atoms with Gasteiger partial charge in [-0.3, -0.25) is 4.79 Å². The van der Waals surface area contributed by atoms with Gasteiger partial charge in [-0.05, 0) is 84.3 Å². The molecule has 28 heavy (non-hydrogen) atoms. The predicted octanol–water partition coefficient (Wildman–Crippen LogP) is 4.96. The second-order valence-corrected chi connectivity index (χ2v) is 9.55. The van der Waals surface area contributed by atoms with Crippen LogP contribution in [0.4, 0.5) is 0 Å². The van der Waals surface area contributed by atoms with Crippen molar-refractivity contribution in [1.82, 2.24) is 0 Å². The number of rotatable bonds is 2. The Morgan fingerprint density at radius 2 is 1.96 bits per heavy atom. The summed E-state index contributed by atoms with van der Waals surface area (Å²) in [7, 11) is 1.71. The van der Waals surface area contributed by atoms with Crippen LogP contribution in [0.2, 0.25) is 0 Å². The van der Waals surface area contributed by atoms with Gasteiger partial charge in [0.25, 0.3) is 0 Å². The number of hydrogen-bond acceptors (Lipinski definition) is 3. The highest BCUT2D eigenvalue weighted by atomic mass is 16.5. The third-order valence-corrected chi connectivity index (χ3v) is 8.11. The number of hydrogen-bond donors (Lipinski definition) is 1. The summed E-state index contributed by atoms with van der Waals surface area (Å²) in [5, 5.41) is 10.3. The van der Waals surface area contributed by atoms with Gasteiger partial charge in [-0.25, -0.2) is 0 Å². The highest BCUT2D eigenvalue weighted by Gasteiger charge is 2.52. The van der Waals surface area contributed by atoms with E-state index in [4.69, 9.17) is 4.74 Å². The zero-order valence-corrected chi connectivity index (χ0v) is 16.9. The molecule has 4 aliphatic rings. The van der Waals surface area contributed by atoms with Crippen molar-refractivity contribution < 1.29 is 14.6 Å². The van der Waals surface area contributed by atoms with E-state index in [0.717, 1.165) is 24.5 Å². The smallest absolute Gasteiger partial charge is 0.184 e. The van der Waals surface area contributed by atoms with Crippen LogP contribution in [0, 0.1) is 17.3 Å². The molecule has 1 aromatic rings. The second-order valence-electron chi connectivity index (χ2n) is 9.55. The van der Waals surface area contributed by atoms with E-state index in [0.29, 0.717) is 23.7 Å².